The third-order valence-electron chi connectivity index (χ3n) is 3.49. The van der Waals surface area contributed by atoms with Crippen LogP contribution in [0.4, 0.5) is 0 Å². The van der Waals surface area contributed by atoms with E-state index in [-0.39, 0.29) is 0 Å². The monoisotopic (exact) mass is 264 g/mol. The highest BCUT2D eigenvalue weighted by Gasteiger charge is 2.10. The molecule has 20 heavy (non-hydrogen) atoms. The maximum absolute atomic E-state index is 5.37. The minimum Gasteiger partial charge on any atom is -0.334 e. The van der Waals surface area contributed by atoms with Crippen molar-refractivity contribution in [2.75, 3.05) is 0 Å². The van der Waals surface area contributed by atoms with Crippen molar-refractivity contribution in [1.82, 2.24) is 10.1 Å². The minimum atomic E-state index is 0.559. The number of aromatic nitrogens is 2. The molecule has 0 saturated heterocycles. The largest absolute Gasteiger partial charge is 0.334 e. The van der Waals surface area contributed by atoms with Gasteiger partial charge in [0.25, 0.3) is 5.89 Å². The number of hydrogen-bond donors (Lipinski definition) is 0. The van der Waals surface area contributed by atoms with Crippen molar-refractivity contribution in [2.45, 2.75) is 20.8 Å². The molecule has 3 heteroatoms. The molecule has 0 fully saturated rings. The average molecular weight is 264 g/mol. The van der Waals surface area contributed by atoms with Crippen LogP contribution < -0.4 is 0 Å². The van der Waals surface area contributed by atoms with Crippen molar-refractivity contribution in [3.8, 4) is 22.8 Å². The molecular formula is C17H16N2O. The van der Waals surface area contributed by atoms with Crippen molar-refractivity contribution >= 4 is 0 Å². The molecule has 0 N–H and O–H groups in total. The second-order valence-corrected chi connectivity index (χ2v) is 5.09. The van der Waals surface area contributed by atoms with E-state index < -0.39 is 0 Å². The summed E-state index contributed by atoms with van der Waals surface area (Å²) in [5.41, 5.74) is 5.62. The second kappa shape index (κ2) is 4.93. The van der Waals surface area contributed by atoms with Crippen LogP contribution in [0.2, 0.25) is 0 Å². The molecule has 0 amide bonds. The van der Waals surface area contributed by atoms with E-state index in [1.807, 2.05) is 30.3 Å². The predicted octanol–water partition coefficient (Wildman–Crippen LogP) is 4.33. The molecule has 1 heterocycles. The van der Waals surface area contributed by atoms with Crippen LogP contribution in [-0.4, -0.2) is 10.1 Å². The molecule has 0 atom stereocenters. The lowest BCUT2D eigenvalue weighted by Gasteiger charge is -2.00. The van der Waals surface area contributed by atoms with Crippen LogP contribution in [-0.2, 0) is 0 Å². The molecule has 0 aliphatic rings. The summed E-state index contributed by atoms with van der Waals surface area (Å²) in [5, 5.41) is 4.06. The highest BCUT2D eigenvalue weighted by Crippen LogP contribution is 2.24. The molecule has 3 nitrogen and oxygen atoms in total. The topological polar surface area (TPSA) is 38.9 Å². The van der Waals surface area contributed by atoms with Crippen LogP contribution in [0.5, 0.6) is 0 Å². The van der Waals surface area contributed by atoms with Gasteiger partial charge in [-0.2, -0.15) is 4.98 Å². The van der Waals surface area contributed by atoms with Crippen LogP contribution in [0, 0.1) is 20.8 Å². The Morgan fingerprint density at radius 3 is 2.20 bits per heavy atom. The first-order valence-corrected chi connectivity index (χ1v) is 6.62. The lowest BCUT2D eigenvalue weighted by molar-refractivity contribution is 0.432. The first-order valence-electron chi connectivity index (χ1n) is 6.62. The second-order valence-electron chi connectivity index (χ2n) is 5.09. The summed E-state index contributed by atoms with van der Waals surface area (Å²) in [6.07, 6.45) is 0. The lowest BCUT2D eigenvalue weighted by Crippen LogP contribution is -1.84. The van der Waals surface area contributed by atoms with Crippen molar-refractivity contribution in [1.29, 1.82) is 0 Å². The van der Waals surface area contributed by atoms with Gasteiger partial charge in [0.2, 0.25) is 5.82 Å². The third kappa shape index (κ3) is 2.35. The van der Waals surface area contributed by atoms with E-state index >= 15 is 0 Å². The smallest absolute Gasteiger partial charge is 0.258 e. The van der Waals surface area contributed by atoms with Gasteiger partial charge >= 0.3 is 0 Å². The molecule has 0 bridgehead atoms. The van der Waals surface area contributed by atoms with Gasteiger partial charge in [-0.15, -0.1) is 0 Å². The predicted molar refractivity (Wildman–Crippen MR) is 79.4 cm³/mol. The normalized spacial score (nSPS) is 10.8. The molecule has 3 rings (SSSR count). The molecule has 1 aromatic heterocycles. The van der Waals surface area contributed by atoms with Gasteiger partial charge in [-0.05, 0) is 44.0 Å². The molecule has 3 aromatic rings. The minimum absolute atomic E-state index is 0.559. The van der Waals surface area contributed by atoms with E-state index in [1.165, 1.54) is 16.7 Å². The Hall–Kier alpha value is -2.42. The number of benzene rings is 2. The maximum atomic E-state index is 5.37. The van der Waals surface area contributed by atoms with Gasteiger partial charge < -0.3 is 4.52 Å². The molecular weight excluding hydrogens is 248 g/mol. The average Bonchev–Trinajstić information content (AvgIpc) is 2.92. The number of nitrogens with zero attached hydrogens (tertiary/aromatic N) is 2. The quantitative estimate of drug-likeness (QED) is 0.691. The first kappa shape index (κ1) is 12.6. The van der Waals surface area contributed by atoms with Crippen LogP contribution in [0.1, 0.15) is 16.7 Å². The van der Waals surface area contributed by atoms with Crippen molar-refractivity contribution in [2.24, 2.45) is 0 Å². The van der Waals surface area contributed by atoms with Gasteiger partial charge in [-0.1, -0.05) is 41.1 Å². The van der Waals surface area contributed by atoms with Gasteiger partial charge in [-0.3, -0.25) is 0 Å². The Labute approximate surface area is 118 Å². The van der Waals surface area contributed by atoms with E-state index in [1.54, 1.807) is 0 Å². The van der Waals surface area contributed by atoms with E-state index in [4.69, 9.17) is 4.52 Å². The first-order chi connectivity index (χ1) is 9.63. The summed E-state index contributed by atoms with van der Waals surface area (Å²) < 4.78 is 5.37. The summed E-state index contributed by atoms with van der Waals surface area (Å²) in [6.45, 7) is 6.22. The Morgan fingerprint density at radius 2 is 1.50 bits per heavy atom. The fourth-order valence-electron chi connectivity index (χ4n) is 2.04. The molecule has 0 spiro atoms. The molecule has 100 valence electrons. The molecule has 0 unspecified atom stereocenters. The maximum Gasteiger partial charge on any atom is 0.258 e. The van der Waals surface area contributed by atoms with E-state index in [2.05, 4.69) is 43.0 Å². The van der Waals surface area contributed by atoms with Crippen LogP contribution >= 0.6 is 0 Å². The molecule has 0 aliphatic carbocycles. The number of aryl methyl sites for hydroxylation is 3. The molecule has 0 saturated carbocycles. The van der Waals surface area contributed by atoms with Gasteiger partial charge in [0.1, 0.15) is 0 Å². The highest BCUT2D eigenvalue weighted by atomic mass is 16.5. The fraction of sp³-hybridized carbons (Fsp3) is 0.176. The molecule has 0 aliphatic heterocycles. The zero-order valence-corrected chi connectivity index (χ0v) is 11.8. The van der Waals surface area contributed by atoms with Crippen LogP contribution in [0.3, 0.4) is 0 Å². The Kier molecular flexibility index (Phi) is 3.11. The van der Waals surface area contributed by atoms with Gasteiger partial charge in [0.05, 0.1) is 0 Å². The molecule has 0 radical (unpaired) electrons. The fourth-order valence-corrected chi connectivity index (χ4v) is 2.04. The number of hydrogen-bond acceptors (Lipinski definition) is 3. The SMILES string of the molecule is Cc1ccc(-c2noc(-c3ccc(C)c(C)c3)n2)cc1. The third-order valence-corrected chi connectivity index (χ3v) is 3.49. The summed E-state index contributed by atoms with van der Waals surface area (Å²) in [6, 6.07) is 14.2. The zero-order chi connectivity index (χ0) is 14.1. The Bertz CT molecular complexity index is 742. The summed E-state index contributed by atoms with van der Waals surface area (Å²) in [7, 11) is 0. The lowest BCUT2D eigenvalue weighted by atomic mass is 10.1. The summed E-state index contributed by atoms with van der Waals surface area (Å²) >= 11 is 0. The number of rotatable bonds is 2. The van der Waals surface area contributed by atoms with Gasteiger partial charge in [0.15, 0.2) is 0 Å². The highest BCUT2D eigenvalue weighted by molar-refractivity contribution is 5.60. The van der Waals surface area contributed by atoms with E-state index in [9.17, 15) is 0 Å². The molecule has 2 aromatic carbocycles. The van der Waals surface area contributed by atoms with Gasteiger partial charge in [-0.25, -0.2) is 0 Å². The standard InChI is InChI=1S/C17H16N2O/c1-11-4-7-14(8-5-11)16-18-17(20-19-16)15-9-6-12(2)13(3)10-15/h4-10H,1-3H3. The van der Waals surface area contributed by atoms with Crippen LogP contribution in [0.15, 0.2) is 47.0 Å². The van der Waals surface area contributed by atoms with E-state index in [0.29, 0.717) is 11.7 Å². The Balaban J connectivity index is 1.97. The van der Waals surface area contributed by atoms with Crippen LogP contribution in [0.25, 0.3) is 22.8 Å². The van der Waals surface area contributed by atoms with Crippen molar-refractivity contribution in [3.05, 3.63) is 59.2 Å². The summed E-state index contributed by atoms with van der Waals surface area (Å²) in [4.78, 5) is 4.47. The van der Waals surface area contributed by atoms with Gasteiger partial charge in [0, 0.05) is 11.1 Å². The summed E-state index contributed by atoms with van der Waals surface area (Å²) in [5.74, 6) is 1.18. The Morgan fingerprint density at radius 1 is 0.800 bits per heavy atom. The van der Waals surface area contributed by atoms with Crippen molar-refractivity contribution < 1.29 is 4.52 Å². The van der Waals surface area contributed by atoms with E-state index in [0.717, 1.165) is 11.1 Å². The van der Waals surface area contributed by atoms with Crippen molar-refractivity contribution in [3.63, 3.8) is 0 Å². The zero-order valence-electron chi connectivity index (χ0n) is 11.8.